The van der Waals surface area contributed by atoms with Gasteiger partial charge in [-0.3, -0.25) is 0 Å². The van der Waals surface area contributed by atoms with Gasteiger partial charge in [0.2, 0.25) is 0 Å². The molecule has 1 atom stereocenters. The van der Waals surface area contributed by atoms with Crippen LogP contribution in [0.15, 0.2) is 18.2 Å². The minimum atomic E-state index is -1.26. The van der Waals surface area contributed by atoms with Crippen LogP contribution in [-0.4, -0.2) is 17.3 Å². The highest BCUT2D eigenvalue weighted by Crippen LogP contribution is 2.31. The lowest BCUT2D eigenvalue weighted by Crippen LogP contribution is -2.14. The second-order valence-electron chi connectivity index (χ2n) is 6.85. The first-order chi connectivity index (χ1) is 11.7. The molecular weight excluding hydrogens is 302 g/mol. The van der Waals surface area contributed by atoms with Crippen LogP contribution in [0.2, 0.25) is 0 Å². The Morgan fingerprint density at radius 1 is 1.12 bits per heavy atom. The van der Waals surface area contributed by atoms with Crippen molar-refractivity contribution in [1.82, 2.24) is 0 Å². The highest BCUT2D eigenvalue weighted by Gasteiger charge is 2.20. The number of hydrogen-bond donors (Lipinski definition) is 2. The Balaban J connectivity index is 1.58. The quantitative estimate of drug-likeness (QED) is 0.296. The lowest BCUT2D eigenvalue weighted by atomic mass is 10.0. The number of ether oxygens (including phenoxy) is 1. The molecule has 1 aliphatic rings. The third-order valence-electron chi connectivity index (χ3n) is 4.77. The van der Waals surface area contributed by atoms with Gasteiger partial charge in [-0.25, -0.2) is 4.79 Å². The maximum absolute atomic E-state index is 10.6. The van der Waals surface area contributed by atoms with Crippen molar-refractivity contribution in [3.05, 3.63) is 23.8 Å². The second kappa shape index (κ2) is 10.2. The standard InChI is InChI=1S/C20H31NO3/c1-2-3-4-5-6-7-8-9-10-11-17-14-16-12-13-18(24-20(22)23)15-19(16)21-17/h12-13,15,17,21H,2-11,14H2,1H3,(H,22,23). The van der Waals surface area contributed by atoms with E-state index in [1.807, 2.05) is 6.07 Å². The minimum absolute atomic E-state index is 0.387. The Kier molecular flexibility index (Phi) is 7.93. The van der Waals surface area contributed by atoms with E-state index in [-0.39, 0.29) is 0 Å². The fraction of sp³-hybridized carbons (Fsp3) is 0.650. The number of rotatable bonds is 11. The normalized spacial score (nSPS) is 15.8. The SMILES string of the molecule is CCCCCCCCCCCC1Cc2ccc(OC(=O)O)cc2N1. The molecule has 4 heteroatoms. The summed E-state index contributed by atoms with van der Waals surface area (Å²) in [5.74, 6) is 0.387. The van der Waals surface area contributed by atoms with E-state index in [2.05, 4.69) is 12.2 Å². The largest absolute Gasteiger partial charge is 0.511 e. The smallest absolute Gasteiger partial charge is 0.449 e. The van der Waals surface area contributed by atoms with Crippen molar-refractivity contribution in [3.63, 3.8) is 0 Å². The van der Waals surface area contributed by atoms with Crippen molar-refractivity contribution in [2.75, 3.05) is 5.32 Å². The average molecular weight is 333 g/mol. The number of anilines is 1. The number of carboxylic acid groups (broad SMARTS) is 1. The van der Waals surface area contributed by atoms with Gasteiger partial charge in [0, 0.05) is 17.8 Å². The maximum atomic E-state index is 10.6. The minimum Gasteiger partial charge on any atom is -0.449 e. The highest BCUT2D eigenvalue weighted by atomic mass is 16.7. The molecule has 0 aliphatic carbocycles. The lowest BCUT2D eigenvalue weighted by molar-refractivity contribution is 0.144. The van der Waals surface area contributed by atoms with Crippen LogP contribution in [0.3, 0.4) is 0 Å². The summed E-state index contributed by atoms with van der Waals surface area (Å²) in [4.78, 5) is 10.6. The molecule has 0 fully saturated rings. The molecule has 0 saturated carbocycles. The van der Waals surface area contributed by atoms with Gasteiger partial charge in [-0.15, -0.1) is 0 Å². The molecule has 1 aliphatic heterocycles. The number of hydrogen-bond acceptors (Lipinski definition) is 3. The van der Waals surface area contributed by atoms with Crippen LogP contribution in [0.5, 0.6) is 5.75 Å². The summed E-state index contributed by atoms with van der Waals surface area (Å²) in [6.45, 7) is 2.26. The zero-order valence-corrected chi connectivity index (χ0v) is 14.9. The Labute approximate surface area is 145 Å². The van der Waals surface area contributed by atoms with Gasteiger partial charge in [0.15, 0.2) is 0 Å². The van der Waals surface area contributed by atoms with Crippen LogP contribution in [0.1, 0.15) is 76.7 Å². The molecule has 0 amide bonds. The summed E-state index contributed by atoms with van der Waals surface area (Å²) in [6, 6.07) is 5.97. The van der Waals surface area contributed by atoms with Gasteiger partial charge in [0.25, 0.3) is 0 Å². The Morgan fingerprint density at radius 2 is 1.79 bits per heavy atom. The third-order valence-corrected chi connectivity index (χ3v) is 4.77. The molecule has 2 rings (SSSR count). The lowest BCUT2D eigenvalue weighted by Gasteiger charge is -2.11. The number of fused-ring (bicyclic) bond motifs is 1. The fourth-order valence-corrected chi connectivity index (χ4v) is 3.44. The molecule has 134 valence electrons. The molecule has 2 N–H and O–H groups in total. The van der Waals surface area contributed by atoms with Gasteiger partial charge in [-0.05, 0) is 24.5 Å². The summed E-state index contributed by atoms with van der Waals surface area (Å²) in [7, 11) is 0. The summed E-state index contributed by atoms with van der Waals surface area (Å²) >= 11 is 0. The Morgan fingerprint density at radius 3 is 2.46 bits per heavy atom. The number of benzene rings is 1. The molecule has 0 bridgehead atoms. The molecule has 0 aromatic heterocycles. The predicted molar refractivity (Wildman–Crippen MR) is 98.1 cm³/mol. The molecule has 1 aromatic rings. The molecule has 4 nitrogen and oxygen atoms in total. The number of carbonyl (C=O) groups is 1. The van der Waals surface area contributed by atoms with Gasteiger partial charge >= 0.3 is 6.16 Å². The highest BCUT2D eigenvalue weighted by molar-refractivity contribution is 5.65. The fourth-order valence-electron chi connectivity index (χ4n) is 3.44. The van der Waals surface area contributed by atoms with Gasteiger partial charge in [0.05, 0.1) is 0 Å². The summed E-state index contributed by atoms with van der Waals surface area (Å²) in [6.07, 6.45) is 13.1. The molecule has 0 radical (unpaired) electrons. The second-order valence-corrected chi connectivity index (χ2v) is 6.85. The van der Waals surface area contributed by atoms with Gasteiger partial charge in [-0.1, -0.05) is 70.8 Å². The summed E-state index contributed by atoms with van der Waals surface area (Å²) in [5.41, 5.74) is 2.28. The van der Waals surface area contributed by atoms with E-state index in [1.165, 1.54) is 69.8 Å². The van der Waals surface area contributed by atoms with Crippen molar-refractivity contribution in [2.45, 2.75) is 83.6 Å². The molecule has 0 saturated heterocycles. The Bertz CT molecular complexity index is 516. The molecular formula is C20H31NO3. The van der Waals surface area contributed by atoms with Crippen LogP contribution >= 0.6 is 0 Å². The molecule has 1 aromatic carbocycles. The first-order valence-electron chi connectivity index (χ1n) is 9.49. The maximum Gasteiger partial charge on any atom is 0.511 e. The zero-order chi connectivity index (χ0) is 17.2. The Hall–Kier alpha value is -1.71. The van der Waals surface area contributed by atoms with Gasteiger partial charge in [0.1, 0.15) is 5.75 Å². The van der Waals surface area contributed by atoms with Crippen molar-refractivity contribution in [2.24, 2.45) is 0 Å². The van der Waals surface area contributed by atoms with Gasteiger partial charge in [-0.2, -0.15) is 0 Å². The number of unbranched alkanes of at least 4 members (excludes halogenated alkanes) is 8. The molecule has 0 spiro atoms. The average Bonchev–Trinajstić information content (AvgIpc) is 2.94. The van der Waals surface area contributed by atoms with E-state index in [0.717, 1.165) is 12.1 Å². The summed E-state index contributed by atoms with van der Waals surface area (Å²) < 4.78 is 4.71. The van der Waals surface area contributed by atoms with Crippen molar-refractivity contribution in [1.29, 1.82) is 0 Å². The first-order valence-corrected chi connectivity index (χ1v) is 9.49. The van der Waals surface area contributed by atoms with Crippen LogP contribution in [0, 0.1) is 0 Å². The summed E-state index contributed by atoms with van der Waals surface area (Å²) in [5, 5.41) is 12.2. The number of nitrogens with one attached hydrogen (secondary N) is 1. The predicted octanol–water partition coefficient (Wildman–Crippen LogP) is 6.00. The van der Waals surface area contributed by atoms with Crippen LogP contribution in [0.25, 0.3) is 0 Å². The van der Waals surface area contributed by atoms with E-state index in [4.69, 9.17) is 9.84 Å². The third kappa shape index (κ3) is 6.42. The van der Waals surface area contributed by atoms with Crippen molar-refractivity contribution < 1.29 is 14.6 Å². The van der Waals surface area contributed by atoms with E-state index in [0.29, 0.717) is 11.8 Å². The molecule has 1 heterocycles. The van der Waals surface area contributed by atoms with Crippen LogP contribution in [0.4, 0.5) is 10.5 Å². The van der Waals surface area contributed by atoms with Crippen molar-refractivity contribution in [3.8, 4) is 5.75 Å². The van der Waals surface area contributed by atoms with E-state index in [1.54, 1.807) is 12.1 Å². The van der Waals surface area contributed by atoms with E-state index in [9.17, 15) is 4.79 Å². The van der Waals surface area contributed by atoms with E-state index < -0.39 is 6.16 Å². The first kappa shape index (κ1) is 18.6. The van der Waals surface area contributed by atoms with Crippen molar-refractivity contribution >= 4 is 11.8 Å². The zero-order valence-electron chi connectivity index (χ0n) is 14.9. The topological polar surface area (TPSA) is 58.6 Å². The van der Waals surface area contributed by atoms with E-state index >= 15 is 0 Å². The van der Waals surface area contributed by atoms with Gasteiger partial charge < -0.3 is 15.2 Å². The van der Waals surface area contributed by atoms with Crippen LogP contribution < -0.4 is 10.1 Å². The van der Waals surface area contributed by atoms with Crippen LogP contribution in [-0.2, 0) is 6.42 Å². The molecule has 1 unspecified atom stereocenters. The monoisotopic (exact) mass is 333 g/mol. The molecule has 24 heavy (non-hydrogen) atoms.